The Morgan fingerprint density at radius 1 is 0.900 bits per heavy atom. The molecule has 9 nitrogen and oxygen atoms in total. The third kappa shape index (κ3) is 7.07. The van der Waals surface area contributed by atoms with Gasteiger partial charge in [-0.2, -0.15) is 5.26 Å². The molecule has 0 unspecified atom stereocenters. The molecule has 0 aliphatic heterocycles. The average molecular weight is 541 g/mol. The molecule has 0 aliphatic carbocycles. The van der Waals surface area contributed by atoms with Crippen LogP contribution in [0.15, 0.2) is 97.5 Å². The summed E-state index contributed by atoms with van der Waals surface area (Å²) in [5, 5.41) is 15.9. The Morgan fingerprint density at radius 2 is 1.60 bits per heavy atom. The van der Waals surface area contributed by atoms with Gasteiger partial charge in [0.2, 0.25) is 0 Å². The fourth-order valence-corrected chi connectivity index (χ4v) is 3.79. The minimum Gasteiger partial charge on any atom is -0.497 e. The second-order valence-corrected chi connectivity index (χ2v) is 8.37. The number of amides is 2. The number of anilines is 2. The molecule has 0 bridgehead atoms. The summed E-state index contributed by atoms with van der Waals surface area (Å²) >= 11 is 0. The number of aromatic nitrogens is 2. The molecule has 3 aromatic carbocycles. The number of ether oxygens (including phenoxy) is 3. The van der Waals surface area contributed by atoms with Crippen LogP contribution < -0.4 is 24.8 Å². The number of hydrogen-bond donors (Lipinski definition) is 2. The SMILES string of the molecule is COc1ccc(NC(=O)Nc2ccc(Oc3ccnc4cc(OCc5cccnc5)c(C#N)cc34)cc2)cc1.[Na]. The van der Waals surface area contributed by atoms with Crippen LogP contribution in [-0.2, 0) is 6.61 Å². The minimum atomic E-state index is -0.375. The van der Waals surface area contributed by atoms with Gasteiger partial charge < -0.3 is 24.8 Å². The Kier molecular flexibility index (Phi) is 9.54. The van der Waals surface area contributed by atoms with Crippen LogP contribution in [0.4, 0.5) is 16.2 Å². The number of nitrogens with one attached hydrogen (secondary N) is 2. The summed E-state index contributed by atoms with van der Waals surface area (Å²) in [6, 6.07) is 24.7. The van der Waals surface area contributed by atoms with Crippen molar-refractivity contribution in [2.75, 3.05) is 17.7 Å². The van der Waals surface area contributed by atoms with E-state index in [2.05, 4.69) is 26.7 Å². The molecule has 0 aliphatic rings. The second-order valence-electron chi connectivity index (χ2n) is 8.37. The number of carbonyl (C=O) groups is 1. The van der Waals surface area contributed by atoms with Gasteiger partial charge in [-0.1, -0.05) is 6.07 Å². The Hall–Kier alpha value is -4.62. The number of urea groups is 1. The van der Waals surface area contributed by atoms with E-state index in [1.807, 2.05) is 12.1 Å². The number of hydrogen-bond acceptors (Lipinski definition) is 7. The maximum absolute atomic E-state index is 12.3. The van der Waals surface area contributed by atoms with Gasteiger partial charge in [0, 0.05) is 76.5 Å². The predicted molar refractivity (Wildman–Crippen MR) is 153 cm³/mol. The maximum atomic E-state index is 12.3. The van der Waals surface area contributed by atoms with Gasteiger partial charge >= 0.3 is 6.03 Å². The molecule has 2 amide bonds. The van der Waals surface area contributed by atoms with E-state index < -0.39 is 0 Å². The zero-order valence-electron chi connectivity index (χ0n) is 21.9. The maximum Gasteiger partial charge on any atom is 0.323 e. The number of nitrogens with zero attached hydrogens (tertiary/aromatic N) is 3. The monoisotopic (exact) mass is 540 g/mol. The standard InChI is InChI=1S/C30H23N5O4.Na/c1-37-24-8-4-22(5-9-24)34-30(36)35-23-6-10-25(11-7-23)39-28-12-14-33-27-16-29(21(17-31)15-26(27)28)38-19-20-3-2-13-32-18-20;/h2-16,18H,19H2,1H3,(H2,34,35,36);. The van der Waals surface area contributed by atoms with Gasteiger partial charge in [-0.3, -0.25) is 9.97 Å². The molecule has 5 rings (SSSR count). The van der Waals surface area contributed by atoms with Crippen LogP contribution in [-0.4, -0.2) is 52.7 Å². The van der Waals surface area contributed by atoms with Crippen molar-refractivity contribution in [3.05, 3.63) is 109 Å². The molecule has 0 saturated heterocycles. The molecule has 40 heavy (non-hydrogen) atoms. The van der Waals surface area contributed by atoms with Crippen LogP contribution in [0.2, 0.25) is 0 Å². The second kappa shape index (κ2) is 13.4. The number of methoxy groups -OCH3 is 1. The Labute approximate surface area is 253 Å². The average Bonchev–Trinajstić information content (AvgIpc) is 2.97. The number of rotatable bonds is 8. The Bertz CT molecular complexity index is 1640. The number of fused-ring (bicyclic) bond motifs is 1. The summed E-state index contributed by atoms with van der Waals surface area (Å²) < 4.78 is 17.1. The van der Waals surface area contributed by atoms with E-state index in [1.54, 1.807) is 92.4 Å². The van der Waals surface area contributed by atoms with Crippen molar-refractivity contribution in [1.29, 1.82) is 5.26 Å². The summed E-state index contributed by atoms with van der Waals surface area (Å²) in [6.07, 6.45) is 5.04. The first-order valence-electron chi connectivity index (χ1n) is 12.0. The van der Waals surface area contributed by atoms with Crippen LogP contribution in [0.25, 0.3) is 10.9 Å². The van der Waals surface area contributed by atoms with Crippen LogP contribution in [0.1, 0.15) is 11.1 Å². The zero-order valence-corrected chi connectivity index (χ0v) is 23.9. The van der Waals surface area contributed by atoms with Crippen LogP contribution in [0.5, 0.6) is 23.0 Å². The number of pyridine rings is 2. The van der Waals surface area contributed by atoms with Crippen LogP contribution in [0.3, 0.4) is 0 Å². The molecule has 0 spiro atoms. The zero-order chi connectivity index (χ0) is 27.0. The largest absolute Gasteiger partial charge is 0.497 e. The van der Waals surface area contributed by atoms with Crippen LogP contribution in [0, 0.1) is 11.3 Å². The Morgan fingerprint density at radius 3 is 2.23 bits per heavy atom. The third-order valence-corrected chi connectivity index (χ3v) is 5.73. The molecule has 10 heteroatoms. The van der Waals surface area contributed by atoms with Gasteiger partial charge in [0.25, 0.3) is 0 Å². The summed E-state index contributed by atoms with van der Waals surface area (Å²) in [6.45, 7) is 0.280. The van der Waals surface area contributed by atoms with E-state index in [9.17, 15) is 10.1 Å². The quantitative estimate of drug-likeness (QED) is 0.227. The summed E-state index contributed by atoms with van der Waals surface area (Å²) in [4.78, 5) is 20.8. The van der Waals surface area contributed by atoms with Gasteiger partial charge in [0.05, 0.1) is 18.2 Å². The molecule has 0 saturated carbocycles. The first kappa shape index (κ1) is 28.4. The van der Waals surface area contributed by atoms with E-state index in [0.29, 0.717) is 50.8 Å². The molecule has 2 heterocycles. The topological polar surface area (TPSA) is 118 Å². The van der Waals surface area contributed by atoms with E-state index in [1.165, 1.54) is 0 Å². The number of nitriles is 1. The Balaban J connectivity index is 0.00000370. The summed E-state index contributed by atoms with van der Waals surface area (Å²) in [5.74, 6) is 2.23. The summed E-state index contributed by atoms with van der Waals surface area (Å²) in [5.41, 5.74) is 3.12. The summed E-state index contributed by atoms with van der Waals surface area (Å²) in [7, 11) is 1.58. The van der Waals surface area contributed by atoms with Crippen molar-refractivity contribution < 1.29 is 19.0 Å². The van der Waals surface area contributed by atoms with Gasteiger partial charge in [-0.05, 0) is 66.7 Å². The van der Waals surface area contributed by atoms with Crippen molar-refractivity contribution in [3.8, 4) is 29.1 Å². The molecular weight excluding hydrogens is 517 g/mol. The molecule has 5 aromatic rings. The van der Waals surface area contributed by atoms with Crippen molar-refractivity contribution in [3.63, 3.8) is 0 Å². The van der Waals surface area contributed by atoms with Crippen molar-refractivity contribution >= 4 is 57.9 Å². The van der Waals surface area contributed by atoms with Gasteiger partial charge in [-0.15, -0.1) is 0 Å². The van der Waals surface area contributed by atoms with Gasteiger partial charge in [-0.25, -0.2) is 4.79 Å². The molecule has 2 aromatic heterocycles. The normalized spacial score (nSPS) is 10.1. The van der Waals surface area contributed by atoms with Crippen molar-refractivity contribution in [1.82, 2.24) is 9.97 Å². The van der Waals surface area contributed by atoms with Gasteiger partial charge in [0.1, 0.15) is 35.7 Å². The molecule has 2 N–H and O–H groups in total. The van der Waals surface area contributed by atoms with E-state index >= 15 is 0 Å². The molecular formula is C30H23N5NaO4. The van der Waals surface area contributed by atoms with Crippen LogP contribution >= 0.6 is 0 Å². The smallest absolute Gasteiger partial charge is 0.323 e. The predicted octanol–water partition coefficient (Wildman–Crippen LogP) is 6.14. The van der Waals surface area contributed by atoms with Gasteiger partial charge in [0.15, 0.2) is 0 Å². The molecule has 0 atom stereocenters. The first-order valence-corrected chi connectivity index (χ1v) is 12.0. The van der Waals surface area contributed by atoms with Crippen molar-refractivity contribution in [2.24, 2.45) is 0 Å². The van der Waals surface area contributed by atoms with Crippen molar-refractivity contribution in [2.45, 2.75) is 6.61 Å². The minimum absolute atomic E-state index is 0. The fourth-order valence-electron chi connectivity index (χ4n) is 3.79. The van der Waals surface area contributed by atoms with E-state index in [-0.39, 0.29) is 42.2 Å². The number of carbonyl (C=O) groups excluding carboxylic acids is 1. The molecule has 0 fully saturated rings. The molecule has 1 radical (unpaired) electrons. The van der Waals surface area contributed by atoms with E-state index in [4.69, 9.17) is 14.2 Å². The van der Waals surface area contributed by atoms with E-state index in [0.717, 1.165) is 5.56 Å². The number of benzene rings is 3. The fraction of sp³-hybridized carbons (Fsp3) is 0.0667. The third-order valence-electron chi connectivity index (χ3n) is 5.73. The molecule has 193 valence electrons. The first-order chi connectivity index (χ1) is 19.1.